The van der Waals surface area contributed by atoms with E-state index in [1.165, 1.54) is 15.9 Å². The monoisotopic (exact) mass is 391 g/mol. The number of carbonyl (C=O) groups is 2. The van der Waals surface area contributed by atoms with Crippen LogP contribution in [-0.2, 0) is 9.59 Å². The average molecular weight is 391 g/mol. The molecular weight excluding hydrogens is 370 g/mol. The molecule has 2 atom stereocenters. The first kappa shape index (κ1) is 18.7. The van der Waals surface area contributed by atoms with Crippen molar-refractivity contribution in [2.75, 3.05) is 12.4 Å². The molecule has 3 heterocycles. The Labute approximate surface area is 167 Å². The zero-order chi connectivity index (χ0) is 20.5. The van der Waals surface area contributed by atoms with Crippen LogP contribution in [0.4, 0.5) is 5.82 Å². The molecule has 1 N–H and O–H groups in total. The van der Waals surface area contributed by atoms with Gasteiger partial charge in [0.1, 0.15) is 17.6 Å². The zero-order valence-electron chi connectivity index (χ0n) is 16.4. The molecular formula is C20H21N7O2. The molecule has 1 aromatic carbocycles. The van der Waals surface area contributed by atoms with Gasteiger partial charge in [-0.05, 0) is 18.9 Å². The van der Waals surface area contributed by atoms with E-state index in [9.17, 15) is 9.59 Å². The summed E-state index contributed by atoms with van der Waals surface area (Å²) >= 11 is 0. The highest BCUT2D eigenvalue weighted by Gasteiger charge is 2.35. The van der Waals surface area contributed by atoms with Crippen molar-refractivity contribution in [2.24, 2.45) is 21.0 Å². The highest BCUT2D eigenvalue weighted by Crippen LogP contribution is 2.23. The number of amides is 2. The molecule has 0 saturated heterocycles. The van der Waals surface area contributed by atoms with Crippen LogP contribution in [0.2, 0.25) is 0 Å². The fraction of sp³-hybridized carbons (Fsp3) is 0.300. The van der Waals surface area contributed by atoms with Crippen LogP contribution in [0.1, 0.15) is 30.5 Å². The molecule has 2 unspecified atom stereocenters. The first-order chi connectivity index (χ1) is 14.0. The number of nitrogens with zero attached hydrogens (tertiary/aromatic N) is 6. The molecule has 29 heavy (non-hydrogen) atoms. The number of benzene rings is 1. The van der Waals surface area contributed by atoms with Crippen molar-refractivity contribution in [3.05, 3.63) is 47.7 Å². The zero-order valence-corrected chi connectivity index (χ0v) is 16.4. The van der Waals surface area contributed by atoms with Crippen LogP contribution >= 0.6 is 0 Å². The first-order valence-electron chi connectivity index (χ1n) is 9.39. The van der Waals surface area contributed by atoms with Crippen molar-refractivity contribution in [3.63, 3.8) is 0 Å². The second kappa shape index (κ2) is 7.42. The van der Waals surface area contributed by atoms with Gasteiger partial charge >= 0.3 is 0 Å². The molecule has 0 radical (unpaired) electrons. The number of nitrogens with one attached hydrogen (secondary N) is 1. The van der Waals surface area contributed by atoms with Gasteiger partial charge in [0.25, 0.3) is 11.9 Å². The van der Waals surface area contributed by atoms with Gasteiger partial charge in [-0.25, -0.2) is 0 Å². The Hall–Kier alpha value is -3.62. The fourth-order valence-electron chi connectivity index (χ4n) is 3.41. The molecule has 1 aromatic heterocycles. The van der Waals surface area contributed by atoms with Crippen LogP contribution in [0, 0.1) is 12.8 Å². The molecule has 148 valence electrons. The number of fused-ring (bicyclic) bond motifs is 1. The predicted molar refractivity (Wildman–Crippen MR) is 110 cm³/mol. The van der Waals surface area contributed by atoms with E-state index in [0.29, 0.717) is 23.8 Å². The number of anilines is 1. The van der Waals surface area contributed by atoms with E-state index in [1.807, 2.05) is 37.3 Å². The number of hydrogen-bond acceptors (Lipinski definition) is 6. The lowest BCUT2D eigenvalue weighted by Crippen LogP contribution is -2.35. The summed E-state index contributed by atoms with van der Waals surface area (Å²) in [5, 5.41) is 12.9. The highest BCUT2D eigenvalue weighted by atomic mass is 16.2. The molecule has 2 aliphatic rings. The van der Waals surface area contributed by atoms with Crippen LogP contribution in [0.15, 0.2) is 51.5 Å². The van der Waals surface area contributed by atoms with Crippen molar-refractivity contribution in [2.45, 2.75) is 26.2 Å². The molecule has 0 aliphatic carbocycles. The number of aryl methyl sites for hydroxylation is 1. The van der Waals surface area contributed by atoms with Crippen LogP contribution in [0.25, 0.3) is 0 Å². The lowest BCUT2D eigenvalue weighted by Gasteiger charge is -2.18. The highest BCUT2D eigenvalue weighted by molar-refractivity contribution is 6.24. The molecule has 2 amide bonds. The molecule has 2 aliphatic heterocycles. The largest absolute Gasteiger partial charge is 0.310 e. The number of hydrazone groups is 1. The normalized spacial score (nSPS) is 18.9. The third-order valence-corrected chi connectivity index (χ3v) is 4.89. The molecule has 0 fully saturated rings. The Bertz CT molecular complexity index is 1050. The van der Waals surface area contributed by atoms with Crippen molar-refractivity contribution in [3.8, 4) is 0 Å². The summed E-state index contributed by atoms with van der Waals surface area (Å²) in [4.78, 5) is 33.8. The molecule has 0 saturated carbocycles. The maximum absolute atomic E-state index is 13.0. The van der Waals surface area contributed by atoms with Gasteiger partial charge < -0.3 is 5.32 Å². The molecule has 0 spiro atoms. The minimum absolute atomic E-state index is 0.106. The van der Waals surface area contributed by atoms with Gasteiger partial charge in [0, 0.05) is 19.3 Å². The van der Waals surface area contributed by atoms with Gasteiger partial charge in [0.05, 0.1) is 11.6 Å². The van der Waals surface area contributed by atoms with E-state index in [4.69, 9.17) is 0 Å². The lowest BCUT2D eigenvalue weighted by molar-refractivity contribution is -0.118. The third kappa shape index (κ3) is 3.46. The molecule has 9 heteroatoms. The van der Waals surface area contributed by atoms with Crippen molar-refractivity contribution >= 4 is 35.6 Å². The van der Waals surface area contributed by atoms with Gasteiger partial charge in [-0.15, -0.1) is 0 Å². The SMILES string of the molecule is CCC(C(=O)Nc1cc(C)nn1C1=NC(=O)C2C=NN(C)C2=N1)c1ccccc1. The van der Waals surface area contributed by atoms with Gasteiger partial charge in [0.2, 0.25) is 5.91 Å². The standard InChI is InChI=1S/C20H21N7O2/c1-4-14(13-8-6-5-7-9-13)18(28)22-16-10-12(2)25-27(16)20-23-17-15(19(29)24-20)11-21-26(17)3/h5-11,14-15H,4H2,1-3H3,(H,22,28). The van der Waals surface area contributed by atoms with Crippen LogP contribution < -0.4 is 5.32 Å². The van der Waals surface area contributed by atoms with Gasteiger partial charge in [-0.2, -0.15) is 24.9 Å². The van der Waals surface area contributed by atoms with Crippen molar-refractivity contribution in [1.82, 2.24) is 14.8 Å². The summed E-state index contributed by atoms with van der Waals surface area (Å²) in [7, 11) is 1.72. The Balaban J connectivity index is 1.63. The van der Waals surface area contributed by atoms with E-state index in [2.05, 4.69) is 25.5 Å². The van der Waals surface area contributed by atoms with E-state index < -0.39 is 5.92 Å². The smallest absolute Gasteiger partial charge is 0.265 e. The number of aliphatic imine (C=N–C) groups is 2. The lowest BCUT2D eigenvalue weighted by atomic mass is 9.96. The molecule has 2 aromatic rings. The first-order valence-corrected chi connectivity index (χ1v) is 9.39. The van der Waals surface area contributed by atoms with Crippen LogP contribution in [0.5, 0.6) is 0 Å². The van der Waals surface area contributed by atoms with Gasteiger partial charge in [-0.3, -0.25) is 14.6 Å². The Kier molecular flexibility index (Phi) is 4.79. The number of amidine groups is 1. The van der Waals surface area contributed by atoms with Crippen LogP contribution in [0.3, 0.4) is 0 Å². The number of rotatable bonds is 4. The summed E-state index contributed by atoms with van der Waals surface area (Å²) in [5.41, 5.74) is 1.61. The maximum atomic E-state index is 13.0. The summed E-state index contributed by atoms with van der Waals surface area (Å²) < 4.78 is 1.39. The maximum Gasteiger partial charge on any atom is 0.265 e. The predicted octanol–water partition coefficient (Wildman–Crippen LogP) is 2.01. The van der Waals surface area contributed by atoms with E-state index in [0.717, 1.165) is 5.56 Å². The fourth-order valence-corrected chi connectivity index (χ4v) is 3.41. The second-order valence-corrected chi connectivity index (χ2v) is 6.93. The molecule has 4 rings (SSSR count). The van der Waals surface area contributed by atoms with Gasteiger partial charge in [0.15, 0.2) is 0 Å². The second-order valence-electron chi connectivity index (χ2n) is 6.93. The number of carbonyl (C=O) groups excluding carboxylic acids is 2. The van der Waals surface area contributed by atoms with E-state index in [1.54, 1.807) is 20.0 Å². The van der Waals surface area contributed by atoms with Crippen molar-refractivity contribution in [1.29, 1.82) is 0 Å². The minimum Gasteiger partial charge on any atom is -0.310 e. The average Bonchev–Trinajstić information content (AvgIpc) is 3.26. The summed E-state index contributed by atoms with van der Waals surface area (Å²) in [6, 6.07) is 11.3. The van der Waals surface area contributed by atoms with Gasteiger partial charge in [-0.1, -0.05) is 37.3 Å². The summed E-state index contributed by atoms with van der Waals surface area (Å²) in [6.45, 7) is 3.76. The van der Waals surface area contributed by atoms with Crippen molar-refractivity contribution < 1.29 is 9.59 Å². The number of hydrogen-bond donors (Lipinski definition) is 1. The Morgan fingerprint density at radius 1 is 1.24 bits per heavy atom. The number of aromatic nitrogens is 2. The topological polar surface area (TPSA) is 104 Å². The van der Waals surface area contributed by atoms with E-state index in [-0.39, 0.29) is 23.7 Å². The quantitative estimate of drug-likeness (QED) is 0.861. The Morgan fingerprint density at radius 2 is 2.00 bits per heavy atom. The third-order valence-electron chi connectivity index (χ3n) is 4.89. The molecule has 0 bridgehead atoms. The minimum atomic E-state index is -0.569. The van der Waals surface area contributed by atoms with Crippen LogP contribution in [-0.4, -0.2) is 51.7 Å². The summed E-state index contributed by atoms with van der Waals surface area (Å²) in [6.07, 6.45) is 2.17. The van der Waals surface area contributed by atoms with E-state index >= 15 is 0 Å². The summed E-state index contributed by atoms with van der Waals surface area (Å²) in [5.74, 6) is -0.386. The molecule has 9 nitrogen and oxygen atoms in total. The Morgan fingerprint density at radius 3 is 2.72 bits per heavy atom.